The van der Waals surface area contributed by atoms with Crippen molar-refractivity contribution in [3.8, 4) is 0 Å². The van der Waals surface area contributed by atoms with Gasteiger partial charge in [0, 0.05) is 24.3 Å². The summed E-state index contributed by atoms with van der Waals surface area (Å²) in [5, 5.41) is 13.6. The first-order chi connectivity index (χ1) is 11.8. The summed E-state index contributed by atoms with van der Waals surface area (Å²) in [7, 11) is 0. The number of nitrogens with one attached hydrogen (secondary N) is 1. The molecule has 2 atom stereocenters. The minimum Gasteiger partial charge on any atom is -0.444 e. The summed E-state index contributed by atoms with van der Waals surface area (Å²) >= 11 is 0. The average molecular weight is 346 g/mol. The number of ether oxygens (including phenoxy) is 1. The van der Waals surface area contributed by atoms with Crippen LogP contribution in [-0.4, -0.2) is 40.7 Å². The van der Waals surface area contributed by atoms with Gasteiger partial charge in [0.05, 0.1) is 12.0 Å². The highest BCUT2D eigenvalue weighted by atomic mass is 16.6. The Morgan fingerprint density at radius 1 is 1.24 bits per heavy atom. The molecule has 0 bridgehead atoms. The lowest BCUT2D eigenvalue weighted by atomic mass is 9.76. The van der Waals surface area contributed by atoms with E-state index >= 15 is 0 Å². The number of rotatable bonds is 1. The zero-order chi connectivity index (χ0) is 18.2. The normalized spacial score (nSPS) is 24.5. The minimum atomic E-state index is -0.803. The zero-order valence-electron chi connectivity index (χ0n) is 15.0. The number of likely N-dealkylation sites (tertiary alicyclic amines) is 1. The van der Waals surface area contributed by atoms with Crippen LogP contribution < -0.4 is 5.32 Å². The SMILES string of the molecule is CC(C)(C)OC(=O)N1CCC(C2C(=O)Nc3ccccc3C2O)CC1. The maximum Gasteiger partial charge on any atom is 0.410 e. The Labute approximate surface area is 148 Å². The maximum absolute atomic E-state index is 12.5. The Kier molecular flexibility index (Phi) is 4.73. The first kappa shape index (κ1) is 17.7. The van der Waals surface area contributed by atoms with Gasteiger partial charge in [0.1, 0.15) is 5.60 Å². The van der Waals surface area contributed by atoms with Crippen molar-refractivity contribution in [1.82, 2.24) is 4.90 Å². The molecule has 2 aliphatic heterocycles. The van der Waals surface area contributed by atoms with Crippen LogP contribution in [0.25, 0.3) is 0 Å². The van der Waals surface area contributed by atoms with Crippen LogP contribution in [0.3, 0.4) is 0 Å². The van der Waals surface area contributed by atoms with Gasteiger partial charge in [0.2, 0.25) is 5.91 Å². The Hall–Kier alpha value is -2.08. The maximum atomic E-state index is 12.5. The summed E-state index contributed by atoms with van der Waals surface area (Å²) in [5.41, 5.74) is 0.931. The van der Waals surface area contributed by atoms with Crippen molar-refractivity contribution in [1.29, 1.82) is 0 Å². The summed E-state index contributed by atoms with van der Waals surface area (Å²) < 4.78 is 5.40. The number of carbonyl (C=O) groups is 2. The molecule has 0 aromatic heterocycles. The number of benzene rings is 1. The first-order valence-electron chi connectivity index (χ1n) is 8.82. The van der Waals surface area contributed by atoms with Crippen molar-refractivity contribution in [3.05, 3.63) is 29.8 Å². The molecule has 2 N–H and O–H groups in total. The van der Waals surface area contributed by atoms with E-state index in [1.165, 1.54) is 0 Å². The number of para-hydroxylation sites is 1. The largest absolute Gasteiger partial charge is 0.444 e. The van der Waals surface area contributed by atoms with Crippen LogP contribution in [0.5, 0.6) is 0 Å². The molecule has 2 unspecified atom stereocenters. The van der Waals surface area contributed by atoms with E-state index in [-0.39, 0.29) is 17.9 Å². The van der Waals surface area contributed by atoms with Crippen LogP contribution in [0.2, 0.25) is 0 Å². The molecule has 0 saturated carbocycles. The van der Waals surface area contributed by atoms with Gasteiger partial charge in [-0.1, -0.05) is 18.2 Å². The van der Waals surface area contributed by atoms with E-state index in [0.29, 0.717) is 31.6 Å². The van der Waals surface area contributed by atoms with E-state index in [4.69, 9.17) is 4.74 Å². The number of nitrogens with zero attached hydrogens (tertiary/aromatic N) is 1. The summed E-state index contributed by atoms with van der Waals surface area (Å²) in [4.78, 5) is 26.3. The molecule has 0 aliphatic carbocycles. The summed E-state index contributed by atoms with van der Waals surface area (Å²) in [6.45, 7) is 6.61. The Balaban J connectivity index is 1.65. The van der Waals surface area contributed by atoms with Gasteiger partial charge in [-0.15, -0.1) is 0 Å². The molecule has 25 heavy (non-hydrogen) atoms. The molecule has 2 amide bonds. The fraction of sp³-hybridized carbons (Fsp3) is 0.579. The third-order valence-corrected chi connectivity index (χ3v) is 4.88. The van der Waals surface area contributed by atoms with Gasteiger partial charge in [-0.25, -0.2) is 4.79 Å². The van der Waals surface area contributed by atoms with Crippen molar-refractivity contribution in [2.75, 3.05) is 18.4 Å². The molecule has 1 aromatic carbocycles. The topological polar surface area (TPSA) is 78.9 Å². The van der Waals surface area contributed by atoms with Crippen molar-refractivity contribution in [2.45, 2.75) is 45.3 Å². The smallest absolute Gasteiger partial charge is 0.410 e. The predicted molar refractivity (Wildman–Crippen MR) is 94.1 cm³/mol. The van der Waals surface area contributed by atoms with Crippen LogP contribution in [0.15, 0.2) is 24.3 Å². The number of anilines is 1. The lowest BCUT2D eigenvalue weighted by Crippen LogP contribution is -2.46. The lowest BCUT2D eigenvalue weighted by molar-refractivity contribution is -0.127. The van der Waals surface area contributed by atoms with E-state index < -0.39 is 17.6 Å². The van der Waals surface area contributed by atoms with E-state index in [1.807, 2.05) is 39.0 Å². The van der Waals surface area contributed by atoms with Crippen LogP contribution in [0.1, 0.15) is 45.3 Å². The standard InChI is InChI=1S/C19H26N2O4/c1-19(2,3)25-18(24)21-10-8-12(9-11-21)15-16(22)13-6-4-5-7-14(13)20-17(15)23/h4-7,12,15-16,22H,8-11H2,1-3H3,(H,20,23). The zero-order valence-corrected chi connectivity index (χ0v) is 15.0. The number of aliphatic hydroxyl groups is 1. The Morgan fingerprint density at radius 2 is 1.88 bits per heavy atom. The molecule has 1 saturated heterocycles. The van der Waals surface area contributed by atoms with Crippen LogP contribution >= 0.6 is 0 Å². The summed E-state index contributed by atoms with van der Waals surface area (Å²) in [5.74, 6) is -0.570. The Bertz CT molecular complexity index is 660. The first-order valence-corrected chi connectivity index (χ1v) is 8.82. The molecular formula is C19H26N2O4. The van der Waals surface area contributed by atoms with Gasteiger partial charge in [-0.05, 0) is 45.6 Å². The molecule has 1 aromatic rings. The fourth-order valence-corrected chi connectivity index (χ4v) is 3.66. The number of piperidine rings is 1. The average Bonchev–Trinajstić information content (AvgIpc) is 2.54. The van der Waals surface area contributed by atoms with Gasteiger partial charge >= 0.3 is 6.09 Å². The molecule has 0 radical (unpaired) electrons. The molecule has 136 valence electrons. The minimum absolute atomic E-state index is 0.0436. The summed E-state index contributed by atoms with van der Waals surface area (Å²) in [6, 6.07) is 7.35. The number of amides is 2. The van der Waals surface area contributed by atoms with Gasteiger partial charge in [0.15, 0.2) is 0 Å². The van der Waals surface area contributed by atoms with E-state index in [1.54, 1.807) is 11.0 Å². The monoisotopic (exact) mass is 346 g/mol. The highest BCUT2D eigenvalue weighted by molar-refractivity contribution is 5.96. The third-order valence-electron chi connectivity index (χ3n) is 4.88. The van der Waals surface area contributed by atoms with Crippen molar-refractivity contribution in [2.24, 2.45) is 11.8 Å². The van der Waals surface area contributed by atoms with Crippen molar-refractivity contribution in [3.63, 3.8) is 0 Å². The molecule has 6 nitrogen and oxygen atoms in total. The summed E-state index contributed by atoms with van der Waals surface area (Å²) in [6.07, 6.45) is 0.237. The number of carbonyl (C=O) groups excluding carboxylic acids is 2. The van der Waals surface area contributed by atoms with E-state index in [2.05, 4.69) is 5.32 Å². The van der Waals surface area contributed by atoms with E-state index in [0.717, 1.165) is 5.56 Å². The quantitative estimate of drug-likeness (QED) is 0.819. The third kappa shape index (κ3) is 3.79. The van der Waals surface area contributed by atoms with Gasteiger partial charge in [0.25, 0.3) is 0 Å². The molecule has 1 fully saturated rings. The highest BCUT2D eigenvalue weighted by Crippen LogP contribution is 2.41. The lowest BCUT2D eigenvalue weighted by Gasteiger charge is -2.39. The number of hydrogen-bond acceptors (Lipinski definition) is 4. The van der Waals surface area contributed by atoms with Gasteiger partial charge < -0.3 is 20.1 Å². The predicted octanol–water partition coefficient (Wildman–Crippen LogP) is 2.94. The van der Waals surface area contributed by atoms with Crippen molar-refractivity contribution < 1.29 is 19.4 Å². The van der Waals surface area contributed by atoms with Crippen LogP contribution in [0, 0.1) is 11.8 Å². The molecule has 3 rings (SSSR count). The molecule has 2 aliphatic rings. The number of hydrogen-bond donors (Lipinski definition) is 2. The van der Waals surface area contributed by atoms with Gasteiger partial charge in [-0.3, -0.25) is 4.79 Å². The van der Waals surface area contributed by atoms with Gasteiger partial charge in [-0.2, -0.15) is 0 Å². The Morgan fingerprint density at radius 3 is 2.52 bits per heavy atom. The molecular weight excluding hydrogens is 320 g/mol. The molecule has 6 heteroatoms. The second-order valence-corrected chi connectivity index (χ2v) is 7.85. The van der Waals surface area contributed by atoms with Crippen molar-refractivity contribution >= 4 is 17.7 Å². The van der Waals surface area contributed by atoms with E-state index in [9.17, 15) is 14.7 Å². The van der Waals surface area contributed by atoms with Crippen LogP contribution in [0.4, 0.5) is 10.5 Å². The highest BCUT2D eigenvalue weighted by Gasteiger charge is 2.41. The second-order valence-electron chi connectivity index (χ2n) is 7.85. The molecule has 2 heterocycles. The fourth-order valence-electron chi connectivity index (χ4n) is 3.66. The van der Waals surface area contributed by atoms with Crippen LogP contribution in [-0.2, 0) is 9.53 Å². The number of aliphatic hydroxyl groups excluding tert-OH is 1. The molecule has 0 spiro atoms. The second kappa shape index (κ2) is 6.67. The number of fused-ring (bicyclic) bond motifs is 1.